The topological polar surface area (TPSA) is 47.0 Å². The zero-order chi connectivity index (χ0) is 13.0. The minimum atomic E-state index is 0.120. The molecular weight excluding hydrogens is 294 g/mol. The molecule has 18 heavy (non-hydrogen) atoms. The second kappa shape index (κ2) is 5.82. The first-order chi connectivity index (χ1) is 8.69. The second-order valence-corrected chi connectivity index (χ2v) is 4.76. The largest absolute Gasteiger partial charge is 0.481 e. The second-order valence-electron chi connectivity index (χ2n) is 3.84. The number of benzene rings is 1. The van der Waals surface area contributed by atoms with Crippen LogP contribution in [-0.2, 0) is 0 Å². The summed E-state index contributed by atoms with van der Waals surface area (Å²) in [5, 5.41) is 3.24. The van der Waals surface area contributed by atoms with E-state index in [-0.39, 0.29) is 6.04 Å². The van der Waals surface area contributed by atoms with Crippen molar-refractivity contribution in [3.8, 4) is 5.88 Å². The van der Waals surface area contributed by atoms with Crippen LogP contribution >= 0.6 is 15.9 Å². The van der Waals surface area contributed by atoms with Crippen LogP contribution < -0.4 is 10.1 Å². The van der Waals surface area contributed by atoms with Gasteiger partial charge in [-0.15, -0.1) is 0 Å². The molecule has 0 spiro atoms. The predicted octanol–water partition coefficient (Wildman–Crippen LogP) is 3.42. The molecule has 0 radical (unpaired) electrons. The molecule has 0 saturated heterocycles. The molecule has 5 heteroatoms. The Balaban J connectivity index is 2.13. The molecule has 2 rings (SSSR count). The summed E-state index contributed by atoms with van der Waals surface area (Å²) in [6.45, 7) is 2.06. The number of anilines is 1. The Bertz CT molecular complexity index is 533. The van der Waals surface area contributed by atoms with E-state index in [1.54, 1.807) is 19.4 Å². The van der Waals surface area contributed by atoms with Crippen molar-refractivity contribution < 1.29 is 4.74 Å². The van der Waals surface area contributed by atoms with Gasteiger partial charge in [-0.3, -0.25) is 0 Å². The van der Waals surface area contributed by atoms with Crippen molar-refractivity contribution >= 4 is 21.9 Å². The average molecular weight is 308 g/mol. The molecule has 1 atom stereocenters. The van der Waals surface area contributed by atoms with Crippen molar-refractivity contribution in [2.45, 2.75) is 13.0 Å². The monoisotopic (exact) mass is 307 g/mol. The standard InChI is InChI=1S/C13H14BrN3O/c1-9(10-4-3-5-11(14)8-10)16-13-15-7-6-12(17-13)18-2/h3-9H,1-2H3,(H,15,16,17)/t9-/m1/s1. The molecule has 2 aromatic rings. The third kappa shape index (κ3) is 3.20. The number of aromatic nitrogens is 2. The third-order valence-electron chi connectivity index (χ3n) is 2.53. The van der Waals surface area contributed by atoms with Crippen LogP contribution in [0.15, 0.2) is 41.0 Å². The minimum absolute atomic E-state index is 0.120. The van der Waals surface area contributed by atoms with E-state index in [0.717, 1.165) is 10.0 Å². The highest BCUT2D eigenvalue weighted by molar-refractivity contribution is 9.10. The lowest BCUT2D eigenvalue weighted by atomic mass is 10.1. The highest BCUT2D eigenvalue weighted by atomic mass is 79.9. The Hall–Kier alpha value is -1.62. The van der Waals surface area contributed by atoms with E-state index < -0.39 is 0 Å². The van der Waals surface area contributed by atoms with Gasteiger partial charge in [0.05, 0.1) is 13.2 Å². The fourth-order valence-electron chi connectivity index (χ4n) is 1.58. The number of halogens is 1. The predicted molar refractivity (Wildman–Crippen MR) is 74.8 cm³/mol. The first-order valence-corrected chi connectivity index (χ1v) is 6.37. The summed E-state index contributed by atoms with van der Waals surface area (Å²) < 4.78 is 6.12. The molecule has 0 bridgehead atoms. The molecule has 0 fully saturated rings. The van der Waals surface area contributed by atoms with Crippen LogP contribution in [0.5, 0.6) is 5.88 Å². The molecule has 1 aromatic carbocycles. The third-order valence-corrected chi connectivity index (χ3v) is 3.03. The summed E-state index contributed by atoms with van der Waals surface area (Å²) in [7, 11) is 1.59. The van der Waals surface area contributed by atoms with E-state index >= 15 is 0 Å². The van der Waals surface area contributed by atoms with Gasteiger partial charge in [0.2, 0.25) is 11.8 Å². The van der Waals surface area contributed by atoms with Crippen LogP contribution in [0.3, 0.4) is 0 Å². The molecule has 1 N–H and O–H groups in total. The molecular formula is C13H14BrN3O. The molecule has 0 aliphatic heterocycles. The highest BCUT2D eigenvalue weighted by Crippen LogP contribution is 2.21. The zero-order valence-electron chi connectivity index (χ0n) is 10.2. The average Bonchev–Trinajstić information content (AvgIpc) is 2.39. The Morgan fingerprint density at radius 2 is 2.17 bits per heavy atom. The van der Waals surface area contributed by atoms with E-state index in [2.05, 4.69) is 50.3 Å². The van der Waals surface area contributed by atoms with Crippen LogP contribution in [0, 0.1) is 0 Å². The van der Waals surface area contributed by atoms with Gasteiger partial charge in [-0.05, 0) is 24.6 Å². The number of ether oxygens (including phenoxy) is 1. The Morgan fingerprint density at radius 3 is 2.89 bits per heavy atom. The van der Waals surface area contributed by atoms with Crippen LogP contribution in [0.2, 0.25) is 0 Å². The molecule has 0 amide bonds. The van der Waals surface area contributed by atoms with Gasteiger partial charge >= 0.3 is 0 Å². The maximum Gasteiger partial charge on any atom is 0.226 e. The number of hydrogen-bond donors (Lipinski definition) is 1. The van der Waals surface area contributed by atoms with Crippen molar-refractivity contribution in [3.63, 3.8) is 0 Å². The quantitative estimate of drug-likeness (QED) is 0.940. The minimum Gasteiger partial charge on any atom is -0.481 e. The van der Waals surface area contributed by atoms with Gasteiger partial charge in [0.1, 0.15) is 0 Å². The molecule has 94 valence electrons. The zero-order valence-corrected chi connectivity index (χ0v) is 11.8. The summed E-state index contributed by atoms with van der Waals surface area (Å²) in [5.74, 6) is 1.11. The lowest BCUT2D eigenvalue weighted by Crippen LogP contribution is -2.09. The summed E-state index contributed by atoms with van der Waals surface area (Å²) in [5.41, 5.74) is 1.16. The fourth-order valence-corrected chi connectivity index (χ4v) is 2.00. The highest BCUT2D eigenvalue weighted by Gasteiger charge is 2.07. The van der Waals surface area contributed by atoms with Gasteiger partial charge < -0.3 is 10.1 Å². The Kier molecular flexibility index (Phi) is 4.15. The maximum absolute atomic E-state index is 5.06. The van der Waals surface area contributed by atoms with E-state index in [4.69, 9.17) is 4.74 Å². The molecule has 0 aliphatic carbocycles. The number of hydrogen-bond acceptors (Lipinski definition) is 4. The summed E-state index contributed by atoms with van der Waals surface area (Å²) in [6.07, 6.45) is 1.67. The first-order valence-electron chi connectivity index (χ1n) is 5.58. The van der Waals surface area contributed by atoms with Crippen molar-refractivity contribution in [1.82, 2.24) is 9.97 Å². The smallest absolute Gasteiger partial charge is 0.226 e. The normalized spacial score (nSPS) is 11.9. The van der Waals surface area contributed by atoms with Crippen LogP contribution in [0.25, 0.3) is 0 Å². The van der Waals surface area contributed by atoms with Gasteiger partial charge in [-0.25, -0.2) is 4.98 Å². The van der Waals surface area contributed by atoms with Gasteiger partial charge in [0.15, 0.2) is 0 Å². The molecule has 0 aliphatic rings. The van der Waals surface area contributed by atoms with E-state index in [1.807, 2.05) is 12.1 Å². The van der Waals surface area contributed by atoms with E-state index in [0.29, 0.717) is 11.8 Å². The fraction of sp³-hybridized carbons (Fsp3) is 0.231. The Morgan fingerprint density at radius 1 is 1.33 bits per heavy atom. The van der Waals surface area contributed by atoms with Crippen molar-refractivity contribution in [2.75, 3.05) is 12.4 Å². The van der Waals surface area contributed by atoms with Gasteiger partial charge in [-0.1, -0.05) is 28.1 Å². The molecule has 1 heterocycles. The van der Waals surface area contributed by atoms with Crippen molar-refractivity contribution in [2.24, 2.45) is 0 Å². The summed E-state index contributed by atoms with van der Waals surface area (Å²) in [4.78, 5) is 8.38. The lowest BCUT2D eigenvalue weighted by Gasteiger charge is -2.14. The van der Waals surface area contributed by atoms with Gasteiger partial charge in [-0.2, -0.15) is 4.98 Å². The SMILES string of the molecule is COc1ccnc(N[C@H](C)c2cccc(Br)c2)n1. The van der Waals surface area contributed by atoms with Gasteiger partial charge in [0, 0.05) is 16.7 Å². The summed E-state index contributed by atoms with van der Waals surface area (Å²) in [6, 6.07) is 9.96. The summed E-state index contributed by atoms with van der Waals surface area (Å²) >= 11 is 3.46. The first kappa shape index (κ1) is 12.8. The molecule has 1 aromatic heterocycles. The molecule has 0 unspecified atom stereocenters. The number of methoxy groups -OCH3 is 1. The number of rotatable bonds is 4. The van der Waals surface area contributed by atoms with Crippen LogP contribution in [-0.4, -0.2) is 17.1 Å². The van der Waals surface area contributed by atoms with Crippen molar-refractivity contribution in [3.05, 3.63) is 46.6 Å². The van der Waals surface area contributed by atoms with Gasteiger partial charge in [0.25, 0.3) is 0 Å². The van der Waals surface area contributed by atoms with Crippen molar-refractivity contribution in [1.29, 1.82) is 0 Å². The molecule has 0 saturated carbocycles. The number of nitrogens with one attached hydrogen (secondary N) is 1. The van der Waals surface area contributed by atoms with Crippen LogP contribution in [0.4, 0.5) is 5.95 Å². The van der Waals surface area contributed by atoms with Crippen LogP contribution in [0.1, 0.15) is 18.5 Å². The number of nitrogens with zero attached hydrogens (tertiary/aromatic N) is 2. The Labute approximate surface area is 115 Å². The molecule has 4 nitrogen and oxygen atoms in total. The maximum atomic E-state index is 5.06. The lowest BCUT2D eigenvalue weighted by molar-refractivity contribution is 0.397. The van der Waals surface area contributed by atoms with E-state index in [9.17, 15) is 0 Å². The van der Waals surface area contributed by atoms with E-state index in [1.165, 1.54) is 0 Å².